The number of nitrogens with one attached hydrogen (secondary N) is 1. The zero-order chi connectivity index (χ0) is 53.7. The number of nitrogen functional groups attached to an aromatic ring is 1. The number of pyridine rings is 1. The number of fused-ring (bicyclic) bond motifs is 2. The molecule has 2 amide bonds. The number of likely N-dealkylation sites (tertiary alicyclic amines) is 1. The standard InChI is InChI=1S/C60H68N10O7S/c1-36(2)54(58(73)69-21-7-11-49(69)57(72)64-37(3)39-13-15-40(16-14-39)55-38(4)63-35-78-55)52-23-41(67-77-52)9-8-22-74-33-59-30-60(31-59,32-59)34-75-45-25-46(26-45)76-53-24-42(19-20-62-53)70-43-17-18-44(70)29-68(28-43)50-27-48(65-66-56(50)61)47-10-5-6-12-51(47)71/h5-6,10,12-16,19-20,23-24,27,35-37,43-46,49,54,71H,7,11,17-18,21-22,25-26,28-34H2,1-4H3,(H2,61,66)(H,64,72)/t37-,43?,44?,45-,46-,49-,54+,59?,60?/m0/s1. The van der Waals surface area contributed by atoms with Crippen LogP contribution in [0.4, 0.5) is 17.2 Å². The zero-order valence-corrected chi connectivity index (χ0v) is 45.6. The van der Waals surface area contributed by atoms with Crippen LogP contribution in [0.2, 0.25) is 0 Å². The van der Waals surface area contributed by atoms with Gasteiger partial charge in [-0.05, 0) is 117 Å². The first-order valence-electron chi connectivity index (χ1n) is 27.6. The summed E-state index contributed by atoms with van der Waals surface area (Å²) < 4.78 is 24.7. The second-order valence-electron chi connectivity index (χ2n) is 23.2. The van der Waals surface area contributed by atoms with E-state index < -0.39 is 12.0 Å². The summed E-state index contributed by atoms with van der Waals surface area (Å²) in [5.41, 5.74) is 15.5. The number of hydrogen-bond acceptors (Lipinski definition) is 16. The molecular weight excluding hydrogens is 1000 g/mol. The lowest BCUT2D eigenvalue weighted by Crippen LogP contribution is -2.66. The van der Waals surface area contributed by atoms with Gasteiger partial charge in [-0.25, -0.2) is 9.97 Å². The Balaban J connectivity index is 0.555. The van der Waals surface area contributed by atoms with Gasteiger partial charge in [0.1, 0.15) is 30.4 Å². The Labute approximate surface area is 459 Å². The molecule has 2 unspecified atom stereocenters. The van der Waals surface area contributed by atoms with Crippen LogP contribution in [0.3, 0.4) is 0 Å². The molecule has 3 aliphatic heterocycles. The van der Waals surface area contributed by atoms with Crippen molar-refractivity contribution in [2.45, 2.75) is 128 Å². The highest BCUT2D eigenvalue weighted by Crippen LogP contribution is 2.73. The van der Waals surface area contributed by atoms with E-state index in [1.54, 1.807) is 34.4 Å². The summed E-state index contributed by atoms with van der Waals surface area (Å²) >= 11 is 1.61. The van der Waals surface area contributed by atoms with Crippen LogP contribution >= 0.6 is 11.3 Å². The molecule has 4 aliphatic carbocycles. The van der Waals surface area contributed by atoms with Gasteiger partial charge >= 0.3 is 0 Å². The van der Waals surface area contributed by atoms with E-state index in [-0.39, 0.29) is 59.2 Å². The number of aromatic hydroxyl groups is 1. The molecule has 3 saturated heterocycles. The summed E-state index contributed by atoms with van der Waals surface area (Å²) in [5.74, 6) is 6.85. The molecule has 7 fully saturated rings. The van der Waals surface area contributed by atoms with Crippen LogP contribution in [-0.4, -0.2) is 117 Å². The molecule has 17 nitrogen and oxygen atoms in total. The van der Waals surface area contributed by atoms with Crippen molar-refractivity contribution in [2.75, 3.05) is 55.0 Å². The number of aromatic nitrogens is 5. The van der Waals surface area contributed by atoms with E-state index in [1.165, 1.54) is 0 Å². The third-order valence-electron chi connectivity index (χ3n) is 17.2. The number of benzene rings is 2. The molecule has 4 saturated carbocycles. The van der Waals surface area contributed by atoms with Crippen molar-refractivity contribution in [1.29, 1.82) is 0 Å². The number of carbonyl (C=O) groups excluding carboxylic acids is 2. The number of hydrogen-bond donors (Lipinski definition) is 3. The molecule has 2 aromatic carbocycles. The highest BCUT2D eigenvalue weighted by molar-refractivity contribution is 7.13. The molecule has 4 N–H and O–H groups in total. The summed E-state index contributed by atoms with van der Waals surface area (Å²) in [7, 11) is 0. The Morgan fingerprint density at radius 1 is 0.936 bits per heavy atom. The Morgan fingerprint density at radius 2 is 1.71 bits per heavy atom. The summed E-state index contributed by atoms with van der Waals surface area (Å²) in [5, 5.41) is 26.4. The summed E-state index contributed by atoms with van der Waals surface area (Å²) in [6, 6.07) is 23.0. The fourth-order valence-corrected chi connectivity index (χ4v) is 14.2. The van der Waals surface area contributed by atoms with Crippen molar-refractivity contribution in [3.05, 3.63) is 107 Å². The maximum absolute atomic E-state index is 14.2. The van der Waals surface area contributed by atoms with Crippen molar-refractivity contribution < 1.29 is 33.4 Å². The molecule has 18 heteroatoms. The van der Waals surface area contributed by atoms with E-state index in [0.29, 0.717) is 66.1 Å². The largest absolute Gasteiger partial charge is 0.507 e. The van der Waals surface area contributed by atoms with Crippen molar-refractivity contribution in [1.82, 2.24) is 35.5 Å². The molecule has 4 aromatic heterocycles. The summed E-state index contributed by atoms with van der Waals surface area (Å²) in [6.45, 7) is 11.8. The lowest BCUT2D eigenvalue weighted by atomic mass is 9.35. The number of ether oxygens (including phenoxy) is 3. The number of piperazine rings is 1. The highest BCUT2D eigenvalue weighted by atomic mass is 32.1. The predicted octanol–water partition coefficient (Wildman–Crippen LogP) is 8.88. The topological polar surface area (TPSA) is 207 Å². The van der Waals surface area contributed by atoms with Gasteiger partial charge in [-0.15, -0.1) is 21.5 Å². The number of amides is 2. The number of phenolic OH excluding ortho intramolecular Hbond substituents is 1. The number of nitrogens with zero attached hydrogens (tertiary/aromatic N) is 8. The quantitative estimate of drug-likeness (QED) is 0.0543. The number of rotatable bonds is 18. The smallest absolute Gasteiger partial charge is 0.243 e. The van der Waals surface area contributed by atoms with E-state index in [0.717, 1.165) is 104 Å². The first-order valence-corrected chi connectivity index (χ1v) is 28.5. The molecule has 13 rings (SSSR count). The Kier molecular flexibility index (Phi) is 14.1. The number of carbonyl (C=O) groups is 2. The minimum Gasteiger partial charge on any atom is -0.507 e. The number of aryl methyl sites for hydroxylation is 1. The number of thiazole rings is 1. The summed E-state index contributed by atoms with van der Waals surface area (Å²) in [4.78, 5) is 44.5. The first-order chi connectivity index (χ1) is 37.8. The predicted molar refractivity (Wildman–Crippen MR) is 297 cm³/mol. The van der Waals surface area contributed by atoms with E-state index in [2.05, 4.69) is 76.5 Å². The second-order valence-corrected chi connectivity index (χ2v) is 24.0. The molecular formula is C60H68N10O7S. The van der Waals surface area contributed by atoms with Crippen LogP contribution in [0.15, 0.2) is 89.0 Å². The Bertz CT molecular complexity index is 3200. The lowest BCUT2D eigenvalue weighted by Gasteiger charge is -2.70. The van der Waals surface area contributed by atoms with Gasteiger partial charge in [0.05, 0.1) is 52.8 Å². The fourth-order valence-electron chi connectivity index (χ4n) is 13.4. The highest BCUT2D eigenvalue weighted by Gasteiger charge is 2.67. The molecule has 78 heavy (non-hydrogen) atoms. The number of phenols is 1. The minimum absolute atomic E-state index is 0.0796. The van der Waals surface area contributed by atoms with Crippen molar-refractivity contribution in [2.24, 2.45) is 16.7 Å². The van der Waals surface area contributed by atoms with Crippen molar-refractivity contribution in [3.63, 3.8) is 0 Å². The van der Waals surface area contributed by atoms with Gasteiger partial charge in [-0.2, -0.15) is 0 Å². The molecule has 6 aromatic rings. The lowest BCUT2D eigenvalue weighted by molar-refractivity contribution is -0.262. The Morgan fingerprint density at radius 3 is 2.45 bits per heavy atom. The van der Waals surface area contributed by atoms with Crippen molar-refractivity contribution >= 4 is 40.3 Å². The number of nitrogens with two attached hydrogens (primary N) is 1. The van der Waals surface area contributed by atoms with Gasteiger partial charge in [0.15, 0.2) is 17.3 Å². The average molecular weight is 1070 g/mol. The van der Waals surface area contributed by atoms with Crippen LogP contribution in [-0.2, 0) is 19.1 Å². The molecule has 5 atom stereocenters. The molecule has 7 heterocycles. The van der Waals surface area contributed by atoms with Gasteiger partial charge in [0, 0.05) is 74.1 Å². The minimum atomic E-state index is -0.596. The molecule has 0 spiro atoms. The number of anilines is 3. The third-order valence-corrected chi connectivity index (χ3v) is 18.2. The van der Waals surface area contributed by atoms with E-state index in [1.807, 2.05) is 69.7 Å². The fraction of sp³-hybridized carbons (Fsp3) is 0.483. The van der Waals surface area contributed by atoms with Crippen LogP contribution in [0, 0.1) is 35.5 Å². The van der Waals surface area contributed by atoms with Gasteiger partial charge in [-0.1, -0.05) is 61.3 Å². The van der Waals surface area contributed by atoms with E-state index >= 15 is 0 Å². The van der Waals surface area contributed by atoms with Gasteiger partial charge in [-0.3, -0.25) is 9.59 Å². The van der Waals surface area contributed by atoms with Gasteiger partial charge in [0.25, 0.3) is 0 Å². The van der Waals surface area contributed by atoms with Crippen LogP contribution < -0.4 is 25.6 Å². The molecule has 7 aliphatic rings. The first kappa shape index (κ1) is 51.7. The van der Waals surface area contributed by atoms with E-state index in [4.69, 9.17) is 24.5 Å². The third kappa shape index (κ3) is 10.3. The van der Waals surface area contributed by atoms with Gasteiger partial charge < -0.3 is 49.6 Å². The summed E-state index contributed by atoms with van der Waals surface area (Å²) in [6.07, 6.45) is 10.7. The van der Waals surface area contributed by atoms with Crippen LogP contribution in [0.25, 0.3) is 21.7 Å². The normalized spacial score (nSPS) is 25.6. The SMILES string of the molecule is Cc1ncsc1-c1ccc([C@H](C)NC(=O)[C@@H]2CCCN2C(=O)[C@@H](c2cc(C#CCOCC34CC(CO[C@H]5C[C@H](Oc6cc(N7C8CCC7CN(c7cc(-c9ccccc9O)nnc7N)C8)ccn6)C5)(C3)C4)no2)C(C)C)cc1. The van der Waals surface area contributed by atoms with Crippen LogP contribution in [0.1, 0.15) is 113 Å². The number of para-hydroxylation sites is 1. The molecule has 4 bridgehead atoms. The molecule has 406 valence electrons. The maximum atomic E-state index is 14.2. The zero-order valence-electron chi connectivity index (χ0n) is 44.8. The molecule has 0 radical (unpaired) electrons. The second kappa shape index (κ2) is 21.3. The maximum Gasteiger partial charge on any atom is 0.243 e. The average Bonchev–Trinajstić information content (AvgIpc) is 3.70. The van der Waals surface area contributed by atoms with Gasteiger partial charge in [0.2, 0.25) is 17.7 Å². The van der Waals surface area contributed by atoms with Crippen LogP contribution in [0.5, 0.6) is 11.6 Å². The van der Waals surface area contributed by atoms with Crippen molar-refractivity contribution in [3.8, 4) is 45.2 Å². The monoisotopic (exact) mass is 1070 g/mol. The van der Waals surface area contributed by atoms with E-state index in [9.17, 15) is 14.7 Å². The Hall–Kier alpha value is -7.07.